The summed E-state index contributed by atoms with van der Waals surface area (Å²) in [6, 6.07) is 6.32. The highest BCUT2D eigenvalue weighted by molar-refractivity contribution is 7.89. The van der Waals surface area contributed by atoms with Crippen molar-refractivity contribution in [2.24, 2.45) is 0 Å². The standard InChI is InChI=1S/C16H25N3O3S/c1-3-19(4-2)16(20)13-7-9-15(10-8-13)23(21,22)18-12-14-6-5-11-17-14/h7-10,14,17-18H,3-6,11-12H2,1-2H3. The number of benzene rings is 1. The average molecular weight is 339 g/mol. The molecule has 1 atom stereocenters. The Labute approximate surface area is 138 Å². The van der Waals surface area contributed by atoms with Crippen molar-refractivity contribution in [3.05, 3.63) is 29.8 Å². The van der Waals surface area contributed by atoms with Crippen molar-refractivity contribution in [3.63, 3.8) is 0 Å². The van der Waals surface area contributed by atoms with Crippen LogP contribution < -0.4 is 10.0 Å². The molecule has 0 spiro atoms. The smallest absolute Gasteiger partial charge is 0.253 e. The van der Waals surface area contributed by atoms with Gasteiger partial charge in [-0.05, 0) is 57.5 Å². The fraction of sp³-hybridized carbons (Fsp3) is 0.562. The molecule has 2 N–H and O–H groups in total. The van der Waals surface area contributed by atoms with Gasteiger partial charge in [0.25, 0.3) is 5.91 Å². The number of carbonyl (C=O) groups excluding carboxylic acids is 1. The molecule has 1 amide bonds. The summed E-state index contributed by atoms with van der Waals surface area (Å²) in [5.41, 5.74) is 0.505. The molecule has 0 saturated carbocycles. The molecule has 7 heteroatoms. The largest absolute Gasteiger partial charge is 0.339 e. The van der Waals surface area contributed by atoms with E-state index < -0.39 is 10.0 Å². The molecule has 2 rings (SSSR count). The topological polar surface area (TPSA) is 78.5 Å². The van der Waals surface area contributed by atoms with Crippen LogP contribution in [-0.4, -0.2) is 51.4 Å². The van der Waals surface area contributed by atoms with Crippen LogP contribution >= 0.6 is 0 Å². The third kappa shape index (κ3) is 4.53. The summed E-state index contributed by atoms with van der Waals surface area (Å²) >= 11 is 0. The lowest BCUT2D eigenvalue weighted by molar-refractivity contribution is 0.0773. The molecule has 1 aliphatic heterocycles. The van der Waals surface area contributed by atoms with Gasteiger partial charge in [-0.1, -0.05) is 0 Å². The van der Waals surface area contributed by atoms with Gasteiger partial charge < -0.3 is 10.2 Å². The summed E-state index contributed by atoms with van der Waals surface area (Å²) in [4.78, 5) is 14.1. The van der Waals surface area contributed by atoms with Gasteiger partial charge in [-0.15, -0.1) is 0 Å². The van der Waals surface area contributed by atoms with Gasteiger partial charge in [-0.25, -0.2) is 13.1 Å². The summed E-state index contributed by atoms with van der Waals surface area (Å²) in [7, 11) is -3.54. The molecule has 1 fully saturated rings. The molecule has 1 aromatic carbocycles. The lowest BCUT2D eigenvalue weighted by Crippen LogP contribution is -2.37. The van der Waals surface area contributed by atoms with Gasteiger partial charge in [-0.2, -0.15) is 0 Å². The average Bonchev–Trinajstić information content (AvgIpc) is 3.08. The van der Waals surface area contributed by atoms with Gasteiger partial charge in [0.05, 0.1) is 4.90 Å². The maximum atomic E-state index is 12.3. The van der Waals surface area contributed by atoms with Crippen LogP contribution in [0.5, 0.6) is 0 Å². The van der Waals surface area contributed by atoms with Crippen LogP contribution in [0.3, 0.4) is 0 Å². The van der Waals surface area contributed by atoms with E-state index in [1.165, 1.54) is 12.1 Å². The van der Waals surface area contributed by atoms with E-state index in [2.05, 4.69) is 10.0 Å². The SMILES string of the molecule is CCN(CC)C(=O)c1ccc(S(=O)(=O)NCC2CCCN2)cc1. The van der Waals surface area contributed by atoms with Gasteiger partial charge in [0.2, 0.25) is 10.0 Å². The third-order valence-corrected chi connectivity index (χ3v) is 5.58. The zero-order valence-electron chi connectivity index (χ0n) is 13.7. The molecule has 1 heterocycles. The lowest BCUT2D eigenvalue weighted by atomic mass is 10.2. The Morgan fingerprint density at radius 3 is 2.43 bits per heavy atom. The first-order valence-electron chi connectivity index (χ1n) is 8.10. The molecule has 6 nitrogen and oxygen atoms in total. The maximum Gasteiger partial charge on any atom is 0.253 e. The van der Waals surface area contributed by atoms with Crippen molar-refractivity contribution >= 4 is 15.9 Å². The van der Waals surface area contributed by atoms with E-state index in [1.54, 1.807) is 17.0 Å². The van der Waals surface area contributed by atoms with Gasteiger partial charge in [0.1, 0.15) is 0 Å². The summed E-state index contributed by atoms with van der Waals surface area (Å²) in [6.45, 7) is 6.43. The number of carbonyl (C=O) groups is 1. The van der Waals surface area contributed by atoms with Crippen molar-refractivity contribution in [2.75, 3.05) is 26.2 Å². The highest BCUT2D eigenvalue weighted by Crippen LogP contribution is 2.13. The minimum absolute atomic E-state index is 0.0814. The Morgan fingerprint density at radius 1 is 1.26 bits per heavy atom. The highest BCUT2D eigenvalue weighted by Gasteiger charge is 2.20. The molecule has 23 heavy (non-hydrogen) atoms. The first kappa shape index (κ1) is 17.9. The second kappa shape index (κ2) is 7.90. The van der Waals surface area contributed by atoms with Crippen LogP contribution in [0.4, 0.5) is 0 Å². The summed E-state index contributed by atoms with van der Waals surface area (Å²) < 4.78 is 27.2. The third-order valence-electron chi connectivity index (χ3n) is 4.14. The van der Waals surface area contributed by atoms with Crippen molar-refractivity contribution in [2.45, 2.75) is 37.6 Å². The van der Waals surface area contributed by atoms with Crippen LogP contribution in [0.15, 0.2) is 29.2 Å². The highest BCUT2D eigenvalue weighted by atomic mass is 32.2. The monoisotopic (exact) mass is 339 g/mol. The Hall–Kier alpha value is -1.44. The van der Waals surface area contributed by atoms with E-state index in [0.29, 0.717) is 25.2 Å². The zero-order chi connectivity index (χ0) is 16.9. The summed E-state index contributed by atoms with van der Waals surface area (Å²) in [6.07, 6.45) is 2.06. The molecule has 0 bridgehead atoms. The minimum atomic E-state index is -3.54. The van der Waals surface area contributed by atoms with Crippen molar-refractivity contribution in [3.8, 4) is 0 Å². The van der Waals surface area contributed by atoms with E-state index in [-0.39, 0.29) is 16.8 Å². The number of hydrogen-bond donors (Lipinski definition) is 2. The van der Waals surface area contributed by atoms with Gasteiger partial charge in [0.15, 0.2) is 0 Å². The zero-order valence-corrected chi connectivity index (χ0v) is 14.5. The predicted molar refractivity (Wildman–Crippen MR) is 89.9 cm³/mol. The Bertz CT molecular complexity index is 618. The second-order valence-corrected chi connectivity index (χ2v) is 7.41. The van der Waals surface area contributed by atoms with Crippen LogP contribution in [0.2, 0.25) is 0 Å². The second-order valence-electron chi connectivity index (χ2n) is 5.65. The number of rotatable bonds is 7. The number of amides is 1. The fourth-order valence-electron chi connectivity index (χ4n) is 2.69. The van der Waals surface area contributed by atoms with E-state index in [1.807, 2.05) is 13.8 Å². The minimum Gasteiger partial charge on any atom is -0.339 e. The maximum absolute atomic E-state index is 12.3. The van der Waals surface area contributed by atoms with Crippen molar-refractivity contribution < 1.29 is 13.2 Å². The molecule has 1 aromatic rings. The van der Waals surface area contributed by atoms with Gasteiger partial charge >= 0.3 is 0 Å². The van der Waals surface area contributed by atoms with Crippen LogP contribution in [0.1, 0.15) is 37.0 Å². The van der Waals surface area contributed by atoms with E-state index in [4.69, 9.17) is 0 Å². The molecular formula is C16H25N3O3S. The first-order chi connectivity index (χ1) is 11.0. The van der Waals surface area contributed by atoms with Gasteiger partial charge in [-0.3, -0.25) is 4.79 Å². The lowest BCUT2D eigenvalue weighted by Gasteiger charge is -2.18. The molecule has 0 aromatic heterocycles. The summed E-state index contributed by atoms with van der Waals surface area (Å²) in [5, 5.41) is 3.25. The quantitative estimate of drug-likeness (QED) is 0.782. The van der Waals surface area contributed by atoms with Crippen LogP contribution in [0.25, 0.3) is 0 Å². The number of sulfonamides is 1. The molecule has 1 unspecified atom stereocenters. The van der Waals surface area contributed by atoms with Crippen LogP contribution in [-0.2, 0) is 10.0 Å². The Morgan fingerprint density at radius 2 is 1.91 bits per heavy atom. The number of nitrogens with zero attached hydrogens (tertiary/aromatic N) is 1. The van der Waals surface area contributed by atoms with E-state index in [9.17, 15) is 13.2 Å². The first-order valence-corrected chi connectivity index (χ1v) is 9.58. The molecular weight excluding hydrogens is 314 g/mol. The Kier molecular flexibility index (Phi) is 6.15. The van der Waals surface area contributed by atoms with Gasteiger partial charge in [0, 0.05) is 31.2 Å². The van der Waals surface area contributed by atoms with Crippen LogP contribution in [0, 0.1) is 0 Å². The van der Waals surface area contributed by atoms with E-state index in [0.717, 1.165) is 19.4 Å². The molecule has 1 saturated heterocycles. The van der Waals surface area contributed by atoms with E-state index >= 15 is 0 Å². The Balaban J connectivity index is 2.04. The number of nitrogens with one attached hydrogen (secondary N) is 2. The van der Waals surface area contributed by atoms with Crippen molar-refractivity contribution in [1.29, 1.82) is 0 Å². The predicted octanol–water partition coefficient (Wildman–Crippen LogP) is 1.20. The van der Waals surface area contributed by atoms with Crippen molar-refractivity contribution in [1.82, 2.24) is 14.9 Å². The molecule has 1 aliphatic rings. The molecule has 128 valence electrons. The molecule has 0 radical (unpaired) electrons. The molecule has 0 aliphatic carbocycles. The fourth-order valence-corrected chi connectivity index (χ4v) is 3.78. The number of hydrogen-bond acceptors (Lipinski definition) is 4. The summed E-state index contributed by atoms with van der Waals surface area (Å²) in [5.74, 6) is -0.0814. The normalized spacial score (nSPS) is 18.1.